The van der Waals surface area contributed by atoms with Gasteiger partial charge in [-0.15, -0.1) is 0 Å². The quantitative estimate of drug-likeness (QED) is 0.840. The Labute approximate surface area is 123 Å². The van der Waals surface area contributed by atoms with Crippen LogP contribution in [0.1, 0.15) is 18.6 Å². The number of halogens is 3. The Morgan fingerprint density at radius 3 is 2.58 bits per heavy atom. The van der Waals surface area contributed by atoms with Crippen LogP contribution < -0.4 is 4.74 Å². The standard InChI is InChI=1S/C14H11BrClFO2/c1-8(18)11-4-3-10(7-12(11)15)19-14-5-2-9(17)6-13(14)16/h2-8,18H,1H3/t8-/m1/s1. The van der Waals surface area contributed by atoms with E-state index in [1.165, 1.54) is 18.2 Å². The Morgan fingerprint density at radius 2 is 2.00 bits per heavy atom. The van der Waals surface area contributed by atoms with Crippen molar-refractivity contribution in [2.24, 2.45) is 0 Å². The molecule has 0 aliphatic heterocycles. The van der Waals surface area contributed by atoms with Crippen LogP contribution >= 0.6 is 27.5 Å². The zero-order chi connectivity index (χ0) is 14.0. The minimum atomic E-state index is -0.571. The highest BCUT2D eigenvalue weighted by molar-refractivity contribution is 9.10. The molecule has 2 aromatic carbocycles. The Morgan fingerprint density at radius 1 is 1.26 bits per heavy atom. The van der Waals surface area contributed by atoms with Crippen LogP contribution in [0.3, 0.4) is 0 Å². The Bertz CT molecular complexity index is 602. The van der Waals surface area contributed by atoms with E-state index < -0.39 is 11.9 Å². The van der Waals surface area contributed by atoms with E-state index in [-0.39, 0.29) is 5.02 Å². The molecule has 2 rings (SSSR count). The fourth-order valence-electron chi connectivity index (χ4n) is 1.60. The fourth-order valence-corrected chi connectivity index (χ4v) is 2.49. The smallest absolute Gasteiger partial charge is 0.146 e. The predicted molar refractivity (Wildman–Crippen MR) is 76.3 cm³/mol. The van der Waals surface area contributed by atoms with Crippen LogP contribution in [-0.2, 0) is 0 Å². The fraction of sp³-hybridized carbons (Fsp3) is 0.143. The van der Waals surface area contributed by atoms with Crippen molar-refractivity contribution in [3.05, 3.63) is 57.3 Å². The SMILES string of the molecule is C[C@@H](O)c1ccc(Oc2ccc(F)cc2Cl)cc1Br. The Hall–Kier alpha value is -1.10. The molecule has 0 unspecified atom stereocenters. The molecule has 1 N–H and O–H groups in total. The Kier molecular flexibility index (Phi) is 4.45. The second kappa shape index (κ2) is 5.90. The zero-order valence-corrected chi connectivity index (χ0v) is 12.4. The van der Waals surface area contributed by atoms with E-state index in [2.05, 4.69) is 15.9 Å². The van der Waals surface area contributed by atoms with Gasteiger partial charge in [-0.25, -0.2) is 4.39 Å². The third-order valence-electron chi connectivity index (χ3n) is 2.54. The molecule has 0 bridgehead atoms. The molecule has 0 heterocycles. The molecule has 0 amide bonds. The molecule has 2 aromatic rings. The average Bonchev–Trinajstić information content (AvgIpc) is 2.32. The van der Waals surface area contributed by atoms with Crippen LogP contribution in [0.2, 0.25) is 5.02 Å². The van der Waals surface area contributed by atoms with Crippen molar-refractivity contribution in [2.75, 3.05) is 0 Å². The summed E-state index contributed by atoms with van der Waals surface area (Å²) in [6.45, 7) is 1.68. The van der Waals surface area contributed by atoms with Gasteiger partial charge in [0.15, 0.2) is 0 Å². The molecule has 100 valence electrons. The summed E-state index contributed by atoms with van der Waals surface area (Å²) in [5.74, 6) is 0.507. The van der Waals surface area contributed by atoms with Crippen molar-refractivity contribution < 1.29 is 14.2 Å². The highest BCUT2D eigenvalue weighted by atomic mass is 79.9. The minimum absolute atomic E-state index is 0.204. The molecule has 0 radical (unpaired) electrons. The Balaban J connectivity index is 2.26. The van der Waals surface area contributed by atoms with Crippen molar-refractivity contribution in [2.45, 2.75) is 13.0 Å². The van der Waals surface area contributed by atoms with E-state index in [9.17, 15) is 9.50 Å². The molecule has 0 fully saturated rings. The number of hydrogen-bond donors (Lipinski definition) is 1. The van der Waals surface area contributed by atoms with E-state index >= 15 is 0 Å². The maximum atomic E-state index is 12.9. The second-order valence-corrected chi connectivity index (χ2v) is 5.30. The van der Waals surface area contributed by atoms with Gasteiger partial charge in [0.1, 0.15) is 17.3 Å². The molecular formula is C14H11BrClFO2. The average molecular weight is 346 g/mol. The summed E-state index contributed by atoms with van der Waals surface area (Å²) in [5, 5.41) is 9.73. The summed E-state index contributed by atoms with van der Waals surface area (Å²) in [6, 6.07) is 9.13. The highest BCUT2D eigenvalue weighted by Gasteiger charge is 2.09. The molecule has 1 atom stereocenters. The van der Waals surface area contributed by atoms with Crippen molar-refractivity contribution in [3.8, 4) is 11.5 Å². The molecular weight excluding hydrogens is 335 g/mol. The van der Waals surface area contributed by atoms with Gasteiger partial charge in [0.05, 0.1) is 11.1 Å². The van der Waals surface area contributed by atoms with E-state index in [0.29, 0.717) is 11.5 Å². The van der Waals surface area contributed by atoms with Gasteiger partial charge in [-0.05, 0) is 42.8 Å². The second-order valence-electron chi connectivity index (χ2n) is 4.04. The number of aliphatic hydroxyl groups is 1. The maximum Gasteiger partial charge on any atom is 0.146 e. The summed E-state index contributed by atoms with van der Waals surface area (Å²) in [5.41, 5.74) is 0.762. The van der Waals surface area contributed by atoms with Gasteiger partial charge >= 0.3 is 0 Å². The first-order chi connectivity index (χ1) is 8.97. The van der Waals surface area contributed by atoms with Gasteiger partial charge in [-0.3, -0.25) is 0 Å². The lowest BCUT2D eigenvalue weighted by molar-refractivity contribution is 0.198. The van der Waals surface area contributed by atoms with Crippen molar-refractivity contribution in [1.29, 1.82) is 0 Å². The van der Waals surface area contributed by atoms with E-state index in [4.69, 9.17) is 16.3 Å². The lowest BCUT2D eigenvalue weighted by Gasteiger charge is -2.11. The normalized spacial score (nSPS) is 12.3. The third-order valence-corrected chi connectivity index (χ3v) is 3.53. The van der Waals surface area contributed by atoms with Crippen LogP contribution in [0.15, 0.2) is 40.9 Å². The number of ether oxygens (including phenoxy) is 1. The van der Waals surface area contributed by atoms with Gasteiger partial charge in [0.25, 0.3) is 0 Å². The van der Waals surface area contributed by atoms with Gasteiger partial charge in [0.2, 0.25) is 0 Å². The van der Waals surface area contributed by atoms with Crippen molar-refractivity contribution >= 4 is 27.5 Å². The summed E-state index contributed by atoms with van der Waals surface area (Å²) in [7, 11) is 0. The summed E-state index contributed by atoms with van der Waals surface area (Å²) in [4.78, 5) is 0. The zero-order valence-electron chi connectivity index (χ0n) is 10.0. The molecule has 0 spiro atoms. The molecule has 0 saturated carbocycles. The van der Waals surface area contributed by atoms with Gasteiger partial charge < -0.3 is 9.84 Å². The van der Waals surface area contributed by atoms with Gasteiger partial charge in [-0.2, -0.15) is 0 Å². The van der Waals surface area contributed by atoms with Gasteiger partial charge in [-0.1, -0.05) is 33.6 Å². The molecule has 0 saturated heterocycles. The van der Waals surface area contributed by atoms with Crippen LogP contribution in [0.25, 0.3) is 0 Å². The molecule has 19 heavy (non-hydrogen) atoms. The van der Waals surface area contributed by atoms with Crippen LogP contribution in [0.4, 0.5) is 4.39 Å². The number of benzene rings is 2. The largest absolute Gasteiger partial charge is 0.456 e. The first kappa shape index (κ1) is 14.3. The molecule has 0 aliphatic rings. The van der Waals surface area contributed by atoms with E-state index in [0.717, 1.165) is 10.0 Å². The predicted octanol–water partition coefficient (Wildman–Crippen LogP) is 5.09. The topological polar surface area (TPSA) is 29.5 Å². The monoisotopic (exact) mass is 344 g/mol. The number of rotatable bonds is 3. The van der Waals surface area contributed by atoms with Crippen molar-refractivity contribution in [1.82, 2.24) is 0 Å². The molecule has 5 heteroatoms. The molecule has 0 aromatic heterocycles. The lowest BCUT2D eigenvalue weighted by Crippen LogP contribution is -1.93. The van der Waals surface area contributed by atoms with Crippen LogP contribution in [0.5, 0.6) is 11.5 Å². The summed E-state index contributed by atoms with van der Waals surface area (Å²) < 4.78 is 19.2. The van der Waals surface area contributed by atoms with Gasteiger partial charge in [0, 0.05) is 4.47 Å². The highest BCUT2D eigenvalue weighted by Crippen LogP contribution is 2.33. The number of aliphatic hydroxyl groups excluding tert-OH is 1. The van der Waals surface area contributed by atoms with Crippen LogP contribution in [0, 0.1) is 5.82 Å². The van der Waals surface area contributed by atoms with Crippen LogP contribution in [-0.4, -0.2) is 5.11 Å². The van der Waals surface area contributed by atoms with E-state index in [1.807, 2.05) is 0 Å². The molecule has 2 nitrogen and oxygen atoms in total. The summed E-state index contributed by atoms with van der Waals surface area (Å²) >= 11 is 9.24. The first-order valence-corrected chi connectivity index (χ1v) is 6.75. The molecule has 0 aliphatic carbocycles. The maximum absolute atomic E-state index is 12.9. The number of hydrogen-bond acceptors (Lipinski definition) is 2. The lowest BCUT2D eigenvalue weighted by atomic mass is 10.1. The summed E-state index contributed by atoms with van der Waals surface area (Å²) in [6.07, 6.45) is -0.571. The van der Waals surface area contributed by atoms with E-state index in [1.54, 1.807) is 25.1 Å². The first-order valence-electron chi connectivity index (χ1n) is 5.58. The third kappa shape index (κ3) is 3.47. The van der Waals surface area contributed by atoms with Crippen molar-refractivity contribution in [3.63, 3.8) is 0 Å². The minimum Gasteiger partial charge on any atom is -0.456 e.